The Kier molecular flexibility index (Phi) is 17.5. The van der Waals surface area contributed by atoms with Crippen molar-refractivity contribution in [3.8, 4) is 11.5 Å². The molecule has 2 amide bonds. The Hall–Kier alpha value is -7.28. The monoisotopic (exact) mass is 975 g/mol. The van der Waals surface area contributed by atoms with E-state index in [1.807, 2.05) is 0 Å². The second-order valence-electron chi connectivity index (χ2n) is 17.7. The van der Waals surface area contributed by atoms with Crippen LogP contribution in [0.2, 0.25) is 0 Å². The summed E-state index contributed by atoms with van der Waals surface area (Å²) in [5.41, 5.74) is 3.39. The SMILES string of the molecule is C=CCOC12Oc3ccc(OC(=O)NCC)cc3C3C(CCCCO)C(CCCCO)C=C(C(=NOCc4ccc([N+](=O)[O-])cc4)CC1N(Cc1ccc(F)cc1)C(=O)C=Cc1ccc([N+](=O)[O-])cc1)C32. The Balaban J connectivity index is 1.45. The fourth-order valence-electron chi connectivity index (χ4n) is 10.00. The van der Waals surface area contributed by atoms with Crippen molar-refractivity contribution in [3.63, 3.8) is 0 Å². The van der Waals surface area contributed by atoms with Gasteiger partial charge in [-0.1, -0.05) is 42.3 Å². The number of nitrogens with zero attached hydrogens (tertiary/aromatic N) is 4. The average molecular weight is 976 g/mol. The van der Waals surface area contributed by atoms with Crippen LogP contribution in [0.5, 0.6) is 11.5 Å². The number of nitro groups is 2. The van der Waals surface area contributed by atoms with Gasteiger partial charge in [0.2, 0.25) is 11.7 Å². The van der Waals surface area contributed by atoms with Crippen LogP contribution in [-0.4, -0.2) is 80.9 Å². The summed E-state index contributed by atoms with van der Waals surface area (Å²) in [4.78, 5) is 57.6. The Morgan fingerprint density at radius 3 is 2.24 bits per heavy atom. The third-order valence-corrected chi connectivity index (χ3v) is 13.2. The standard InChI is InChI=1S/C53H58FN5O12/c1-3-29-68-53-48(57(33-36-11-18-39(54)19-12-36)49(62)26-17-35-13-20-40(21-14-35)58(64)65)32-46(56-69-34-37-15-22-41(23-16-37)59(66)67)44-30-38(9-5-7-27-60)43(10-6-8-28-61)50(51(44)53)45-31-42(24-25-47(45)71-53)70-52(63)55-4-2/h3,11-26,30-31,38,43,48,50-51,60-61H,1,4-10,27-29,32-34H2,2H3,(H,55,63). The van der Waals surface area contributed by atoms with Gasteiger partial charge >= 0.3 is 6.09 Å². The molecule has 6 unspecified atom stereocenters. The second kappa shape index (κ2) is 24.0. The van der Waals surface area contributed by atoms with E-state index < -0.39 is 51.3 Å². The Morgan fingerprint density at radius 1 is 0.930 bits per heavy atom. The molecule has 2 aliphatic carbocycles. The summed E-state index contributed by atoms with van der Waals surface area (Å²) in [6, 6.07) is 21.5. The number of non-ortho nitro benzene ring substituents is 2. The van der Waals surface area contributed by atoms with Crippen molar-refractivity contribution >= 4 is 35.2 Å². The minimum Gasteiger partial charge on any atom is -0.459 e. The van der Waals surface area contributed by atoms with Gasteiger partial charge < -0.3 is 39.5 Å². The first kappa shape index (κ1) is 51.6. The maximum Gasteiger partial charge on any atom is 0.412 e. The molecule has 6 atom stereocenters. The lowest BCUT2D eigenvalue weighted by molar-refractivity contribution is -0.385. The quantitative estimate of drug-likeness (QED) is 0.0208. The summed E-state index contributed by atoms with van der Waals surface area (Å²) in [5.74, 6) is -3.50. The van der Waals surface area contributed by atoms with Crippen molar-refractivity contribution in [1.82, 2.24) is 10.2 Å². The summed E-state index contributed by atoms with van der Waals surface area (Å²) in [5, 5.41) is 50.3. The van der Waals surface area contributed by atoms with Crippen molar-refractivity contribution in [2.24, 2.45) is 22.9 Å². The van der Waals surface area contributed by atoms with Crippen molar-refractivity contribution in [1.29, 1.82) is 0 Å². The van der Waals surface area contributed by atoms with Gasteiger partial charge in [-0.25, -0.2) is 9.18 Å². The number of nitrogens with one attached hydrogen (secondary N) is 1. The summed E-state index contributed by atoms with van der Waals surface area (Å²) in [7, 11) is 0. The van der Waals surface area contributed by atoms with E-state index in [1.54, 1.807) is 66.4 Å². The molecule has 1 saturated carbocycles. The lowest BCUT2D eigenvalue weighted by atomic mass is 9.55. The molecule has 0 saturated heterocycles. The third kappa shape index (κ3) is 12.2. The van der Waals surface area contributed by atoms with Crippen LogP contribution in [0.15, 0.2) is 127 Å². The number of carbonyl (C=O) groups is 2. The molecule has 3 aliphatic rings. The van der Waals surface area contributed by atoms with Crippen molar-refractivity contribution in [2.75, 3.05) is 26.4 Å². The Labute approximate surface area is 410 Å². The normalized spacial score (nSPS) is 21.5. The zero-order chi connectivity index (χ0) is 50.5. The third-order valence-electron chi connectivity index (χ3n) is 13.2. The molecule has 18 heteroatoms. The van der Waals surface area contributed by atoms with E-state index in [9.17, 15) is 39.6 Å². The van der Waals surface area contributed by atoms with E-state index in [0.29, 0.717) is 78.8 Å². The molecule has 374 valence electrons. The number of hydrogen-bond donors (Lipinski definition) is 3. The largest absolute Gasteiger partial charge is 0.459 e. The van der Waals surface area contributed by atoms with Gasteiger partial charge in [-0.15, -0.1) is 6.58 Å². The fraction of sp³-hybridized carbons (Fsp3) is 0.377. The number of unbranched alkanes of at least 4 members (excludes halogenated alkanes) is 2. The zero-order valence-electron chi connectivity index (χ0n) is 39.4. The van der Waals surface area contributed by atoms with Crippen molar-refractivity contribution < 1.29 is 53.1 Å². The van der Waals surface area contributed by atoms with Crippen molar-refractivity contribution in [3.05, 3.63) is 170 Å². The zero-order valence-corrected chi connectivity index (χ0v) is 39.4. The highest BCUT2D eigenvalue weighted by atomic mass is 19.1. The van der Waals surface area contributed by atoms with E-state index in [4.69, 9.17) is 24.2 Å². The van der Waals surface area contributed by atoms with Crippen LogP contribution >= 0.6 is 0 Å². The van der Waals surface area contributed by atoms with Gasteiger partial charge in [-0.3, -0.25) is 25.0 Å². The maximum atomic E-state index is 15.2. The molecule has 1 heterocycles. The van der Waals surface area contributed by atoms with E-state index >= 15 is 4.79 Å². The number of hydrogen-bond acceptors (Lipinski definition) is 13. The number of halogens is 1. The lowest BCUT2D eigenvalue weighted by Crippen LogP contribution is -2.70. The molecule has 4 aromatic carbocycles. The number of nitro benzene ring substituents is 2. The number of oxime groups is 1. The Morgan fingerprint density at radius 2 is 1.59 bits per heavy atom. The van der Waals surface area contributed by atoms with Gasteiger partial charge in [0.15, 0.2) is 0 Å². The number of aliphatic hydroxyl groups excluding tert-OH is 2. The number of ether oxygens (including phenoxy) is 3. The average Bonchev–Trinajstić information content (AvgIpc) is 3.36. The molecule has 17 nitrogen and oxygen atoms in total. The molecule has 3 N–H and O–H groups in total. The number of fused-ring (bicyclic) bond motifs is 2. The molecular weight excluding hydrogens is 918 g/mol. The summed E-state index contributed by atoms with van der Waals surface area (Å²) in [6.07, 6.45) is 9.75. The number of amides is 2. The smallest absolute Gasteiger partial charge is 0.412 e. The molecule has 1 aliphatic heterocycles. The number of allylic oxidation sites excluding steroid dienone is 1. The van der Waals surface area contributed by atoms with Gasteiger partial charge in [0.05, 0.1) is 28.1 Å². The highest BCUT2D eigenvalue weighted by molar-refractivity contribution is 6.03. The first-order valence-electron chi connectivity index (χ1n) is 23.8. The highest BCUT2D eigenvalue weighted by Crippen LogP contribution is 2.62. The molecule has 0 aromatic heterocycles. The number of carbonyl (C=O) groups excluding carboxylic acids is 2. The van der Waals surface area contributed by atoms with E-state index in [0.717, 1.165) is 5.57 Å². The van der Waals surface area contributed by atoms with E-state index in [2.05, 4.69) is 18.0 Å². The van der Waals surface area contributed by atoms with Gasteiger partial charge in [0.25, 0.3) is 11.4 Å². The van der Waals surface area contributed by atoms with Crippen LogP contribution < -0.4 is 14.8 Å². The minimum atomic E-state index is -1.70. The van der Waals surface area contributed by atoms with Gasteiger partial charge in [-0.2, -0.15) is 0 Å². The predicted molar refractivity (Wildman–Crippen MR) is 262 cm³/mol. The van der Waals surface area contributed by atoms with Gasteiger partial charge in [0.1, 0.15) is 30.0 Å². The molecule has 7 rings (SSSR count). The van der Waals surface area contributed by atoms with Gasteiger partial charge in [-0.05, 0) is 127 Å². The molecule has 4 aromatic rings. The van der Waals surface area contributed by atoms with Crippen LogP contribution in [0.1, 0.15) is 80.0 Å². The van der Waals surface area contributed by atoms with E-state index in [-0.39, 0.29) is 68.4 Å². The first-order valence-corrected chi connectivity index (χ1v) is 23.8. The van der Waals surface area contributed by atoms with Crippen LogP contribution in [0.25, 0.3) is 6.08 Å². The minimum absolute atomic E-state index is 0.00164. The summed E-state index contributed by atoms with van der Waals surface area (Å²) >= 11 is 0. The molecular formula is C53H58FN5O12. The first-order chi connectivity index (χ1) is 34.4. The van der Waals surface area contributed by atoms with Crippen LogP contribution in [0.4, 0.5) is 20.6 Å². The highest BCUT2D eigenvalue weighted by Gasteiger charge is 2.65. The summed E-state index contributed by atoms with van der Waals surface area (Å²) < 4.78 is 34.6. The molecule has 0 radical (unpaired) electrons. The van der Waals surface area contributed by atoms with E-state index in [1.165, 1.54) is 54.6 Å². The number of benzene rings is 4. The lowest BCUT2D eigenvalue weighted by Gasteiger charge is -2.60. The van der Waals surface area contributed by atoms with Crippen molar-refractivity contribution in [2.45, 2.75) is 82.8 Å². The number of rotatable bonds is 23. The Bertz CT molecular complexity index is 2620. The molecule has 71 heavy (non-hydrogen) atoms. The molecule has 0 bridgehead atoms. The maximum absolute atomic E-state index is 15.2. The van der Waals surface area contributed by atoms with Crippen LogP contribution in [-0.2, 0) is 27.5 Å². The number of aliphatic hydroxyl groups is 2. The predicted octanol–water partition coefficient (Wildman–Crippen LogP) is 9.33. The second-order valence-corrected chi connectivity index (χ2v) is 17.7. The fourth-order valence-corrected chi connectivity index (χ4v) is 10.00. The van der Waals surface area contributed by atoms with Crippen LogP contribution in [0, 0.1) is 43.8 Å². The topological polar surface area (TPSA) is 225 Å². The molecule has 1 fully saturated rings. The van der Waals surface area contributed by atoms with Crippen LogP contribution in [0.3, 0.4) is 0 Å². The van der Waals surface area contributed by atoms with Gasteiger partial charge in [0, 0.05) is 74.5 Å². The summed E-state index contributed by atoms with van der Waals surface area (Å²) in [6.45, 7) is 5.91. The molecule has 0 spiro atoms.